The quantitative estimate of drug-likeness (QED) is 0.508. The maximum absolute atomic E-state index is 11.1. The van der Waals surface area contributed by atoms with E-state index in [1.165, 1.54) is 6.20 Å². The van der Waals surface area contributed by atoms with Crippen molar-refractivity contribution in [2.75, 3.05) is 0 Å². The Labute approximate surface area is 138 Å². The maximum Gasteiger partial charge on any atom is 0.335 e. The molecule has 1 fully saturated rings. The Balaban J connectivity index is 1.88. The predicted molar refractivity (Wildman–Crippen MR) is 80.9 cm³/mol. The number of aliphatic carboxylic acids is 1. The first-order valence-corrected chi connectivity index (χ1v) is 7.53. The third kappa shape index (κ3) is 2.93. The summed E-state index contributed by atoms with van der Waals surface area (Å²) in [5, 5.41) is 39.1. The molecule has 0 spiro atoms. The molecule has 5 N–H and O–H groups in total. The molecule has 1 aliphatic rings. The number of benzene rings is 1. The lowest BCUT2D eigenvalue weighted by Crippen LogP contribution is -2.61. The van der Waals surface area contributed by atoms with Crippen LogP contribution in [0.5, 0.6) is 5.75 Å². The summed E-state index contributed by atoms with van der Waals surface area (Å²) < 4.78 is 11.4. The van der Waals surface area contributed by atoms with E-state index in [9.17, 15) is 20.1 Å². The van der Waals surface area contributed by atoms with Gasteiger partial charge < -0.3 is 34.9 Å². The van der Waals surface area contributed by atoms with Crippen LogP contribution < -0.4 is 4.74 Å². The molecule has 5 atom stereocenters. The molecule has 23 heavy (non-hydrogen) atoms. The molecule has 2 aromatic rings. The summed E-state index contributed by atoms with van der Waals surface area (Å²) in [6.07, 6.45) is -6.66. The van der Waals surface area contributed by atoms with Crippen LogP contribution in [0.2, 0.25) is 0 Å². The minimum absolute atomic E-state index is 0.318. The Morgan fingerprint density at radius 1 is 1.22 bits per heavy atom. The van der Waals surface area contributed by atoms with E-state index in [1.807, 2.05) is 12.1 Å². The van der Waals surface area contributed by atoms with Gasteiger partial charge in [-0.15, -0.1) is 0 Å². The summed E-state index contributed by atoms with van der Waals surface area (Å²) in [5.74, 6) is -1.14. The third-order valence-corrected chi connectivity index (χ3v) is 4.16. The van der Waals surface area contributed by atoms with E-state index in [4.69, 9.17) is 14.6 Å². The van der Waals surface area contributed by atoms with E-state index in [-0.39, 0.29) is 0 Å². The van der Waals surface area contributed by atoms with Crippen LogP contribution in [-0.4, -0.2) is 62.1 Å². The zero-order valence-corrected chi connectivity index (χ0v) is 13.2. The van der Waals surface area contributed by atoms with Crippen LogP contribution in [-0.2, 0) is 9.53 Å². The highest BCUT2D eigenvalue weighted by molar-refractivity contribution is 9.10. The van der Waals surface area contributed by atoms with Crippen molar-refractivity contribution in [3.05, 3.63) is 28.9 Å². The van der Waals surface area contributed by atoms with Gasteiger partial charge in [0.1, 0.15) is 24.1 Å². The number of ether oxygens (including phenoxy) is 2. The van der Waals surface area contributed by atoms with Crippen molar-refractivity contribution in [3.63, 3.8) is 0 Å². The zero-order valence-electron chi connectivity index (χ0n) is 11.6. The van der Waals surface area contributed by atoms with E-state index in [1.54, 1.807) is 6.07 Å². The molecule has 1 aliphatic heterocycles. The van der Waals surface area contributed by atoms with Crippen LogP contribution in [0.3, 0.4) is 0 Å². The second kappa shape index (κ2) is 6.10. The molecule has 3 rings (SSSR count). The van der Waals surface area contributed by atoms with Gasteiger partial charge in [0.2, 0.25) is 6.29 Å². The number of fused-ring (bicyclic) bond motifs is 1. The molecule has 0 saturated carbocycles. The highest BCUT2D eigenvalue weighted by Crippen LogP contribution is 2.31. The number of aliphatic hydroxyl groups is 3. The minimum Gasteiger partial charge on any atom is -0.479 e. The predicted octanol–water partition coefficient (Wildman–Crippen LogP) is 0.201. The Morgan fingerprint density at radius 3 is 2.65 bits per heavy atom. The lowest BCUT2D eigenvalue weighted by molar-refractivity contribution is -0.270. The van der Waals surface area contributed by atoms with Gasteiger partial charge in [0.15, 0.2) is 6.10 Å². The average Bonchev–Trinajstić information content (AvgIpc) is 2.89. The number of nitrogens with one attached hydrogen (secondary N) is 1. The van der Waals surface area contributed by atoms with Crippen LogP contribution in [0.15, 0.2) is 28.9 Å². The highest BCUT2D eigenvalue weighted by Gasteiger charge is 2.48. The number of carboxylic acids is 1. The normalized spacial score (nSPS) is 31.2. The Morgan fingerprint density at radius 2 is 1.96 bits per heavy atom. The lowest BCUT2D eigenvalue weighted by Gasteiger charge is -2.38. The summed E-state index contributed by atoms with van der Waals surface area (Å²) >= 11 is 3.33. The van der Waals surface area contributed by atoms with Gasteiger partial charge in [-0.3, -0.25) is 0 Å². The van der Waals surface area contributed by atoms with Gasteiger partial charge in [0, 0.05) is 21.6 Å². The van der Waals surface area contributed by atoms with Gasteiger partial charge in [0.25, 0.3) is 0 Å². The van der Waals surface area contributed by atoms with E-state index < -0.39 is 36.7 Å². The molecule has 0 bridgehead atoms. The van der Waals surface area contributed by atoms with E-state index in [0.717, 1.165) is 9.99 Å². The fourth-order valence-corrected chi connectivity index (χ4v) is 2.80. The molecule has 1 aromatic carbocycles. The first-order chi connectivity index (χ1) is 10.9. The average molecular weight is 388 g/mol. The van der Waals surface area contributed by atoms with E-state index in [0.29, 0.717) is 11.1 Å². The van der Waals surface area contributed by atoms with Gasteiger partial charge >= 0.3 is 5.97 Å². The second-order valence-corrected chi connectivity index (χ2v) is 6.11. The van der Waals surface area contributed by atoms with Crippen molar-refractivity contribution in [2.24, 2.45) is 0 Å². The number of hydrogen-bond acceptors (Lipinski definition) is 6. The number of carbonyl (C=O) groups is 1. The molecule has 124 valence electrons. The van der Waals surface area contributed by atoms with Crippen molar-refractivity contribution in [1.29, 1.82) is 0 Å². The summed E-state index contributed by atoms with van der Waals surface area (Å²) in [6, 6.07) is 5.41. The Bertz CT molecular complexity index is 733. The molecular formula is C14H14BrNO7. The molecule has 0 radical (unpaired) electrons. The standard InChI is InChI=1S/C14H14BrNO7/c15-5-1-2-7-6(3-5)8(4-16-7)22-14-11(19)9(17)10(18)12(23-14)13(20)21/h1-4,9-12,14,16-19H,(H,20,21)/t9-,10-,11+,12-,14+/m0/s1. The number of carboxylic acid groups (broad SMARTS) is 1. The van der Waals surface area contributed by atoms with Crippen LogP contribution in [0, 0.1) is 0 Å². The Hall–Kier alpha value is -1.65. The first kappa shape index (κ1) is 16.2. The molecule has 9 heteroatoms. The van der Waals surface area contributed by atoms with Crippen molar-refractivity contribution in [1.82, 2.24) is 4.98 Å². The van der Waals surface area contributed by atoms with Crippen molar-refractivity contribution < 1.29 is 34.7 Å². The highest BCUT2D eigenvalue weighted by atomic mass is 79.9. The summed E-state index contributed by atoms with van der Waals surface area (Å²) in [4.78, 5) is 14.0. The molecule has 2 heterocycles. The summed E-state index contributed by atoms with van der Waals surface area (Å²) in [6.45, 7) is 0. The van der Waals surface area contributed by atoms with Crippen molar-refractivity contribution in [2.45, 2.75) is 30.7 Å². The van der Waals surface area contributed by atoms with Crippen LogP contribution in [0.25, 0.3) is 10.9 Å². The topological polar surface area (TPSA) is 132 Å². The van der Waals surface area contributed by atoms with Gasteiger partial charge in [-0.25, -0.2) is 4.79 Å². The number of aromatic nitrogens is 1. The largest absolute Gasteiger partial charge is 0.479 e. The first-order valence-electron chi connectivity index (χ1n) is 6.74. The Kier molecular flexibility index (Phi) is 4.30. The van der Waals surface area contributed by atoms with Crippen LogP contribution >= 0.6 is 15.9 Å². The molecule has 8 nitrogen and oxygen atoms in total. The molecule has 1 saturated heterocycles. The molecule has 1 aromatic heterocycles. The summed E-state index contributed by atoms with van der Waals surface area (Å²) in [7, 11) is 0. The maximum atomic E-state index is 11.1. The van der Waals surface area contributed by atoms with E-state index in [2.05, 4.69) is 20.9 Å². The summed E-state index contributed by atoms with van der Waals surface area (Å²) in [5.41, 5.74) is 0.767. The number of aromatic amines is 1. The fraction of sp³-hybridized carbons (Fsp3) is 0.357. The van der Waals surface area contributed by atoms with Gasteiger partial charge in [-0.2, -0.15) is 0 Å². The number of rotatable bonds is 3. The van der Waals surface area contributed by atoms with Gasteiger partial charge in [0.05, 0.1) is 0 Å². The van der Waals surface area contributed by atoms with Crippen LogP contribution in [0.4, 0.5) is 0 Å². The van der Waals surface area contributed by atoms with Crippen molar-refractivity contribution >= 4 is 32.8 Å². The number of H-pyrrole nitrogens is 1. The molecular weight excluding hydrogens is 374 g/mol. The molecule has 0 unspecified atom stereocenters. The third-order valence-electron chi connectivity index (χ3n) is 3.66. The van der Waals surface area contributed by atoms with Gasteiger partial charge in [-0.05, 0) is 18.2 Å². The minimum atomic E-state index is -1.75. The molecule has 0 amide bonds. The number of halogens is 1. The number of hydrogen-bond donors (Lipinski definition) is 5. The lowest BCUT2D eigenvalue weighted by atomic mass is 9.99. The second-order valence-electron chi connectivity index (χ2n) is 5.20. The van der Waals surface area contributed by atoms with Crippen molar-refractivity contribution in [3.8, 4) is 5.75 Å². The number of aliphatic hydroxyl groups excluding tert-OH is 3. The van der Waals surface area contributed by atoms with Gasteiger partial charge in [-0.1, -0.05) is 15.9 Å². The van der Waals surface area contributed by atoms with E-state index >= 15 is 0 Å². The SMILES string of the molecule is O=C(O)[C@H]1O[C@@H](Oc2c[nH]c3ccc(Br)cc23)[C@H](O)[C@@H](O)[C@@H]1O. The van der Waals surface area contributed by atoms with Crippen LogP contribution in [0.1, 0.15) is 0 Å². The monoisotopic (exact) mass is 387 g/mol. The smallest absolute Gasteiger partial charge is 0.335 e. The zero-order chi connectivity index (χ0) is 16.7. The molecule has 0 aliphatic carbocycles. The fourth-order valence-electron chi connectivity index (χ4n) is 2.44.